The van der Waals surface area contributed by atoms with Gasteiger partial charge in [0.05, 0.1) is 16.1 Å². The number of primary sulfonamides is 1. The lowest BCUT2D eigenvalue weighted by Crippen LogP contribution is -2.37. The summed E-state index contributed by atoms with van der Waals surface area (Å²) in [5.41, 5.74) is 2.43. The fraction of sp³-hybridized carbons (Fsp3) is 0.385. The highest BCUT2D eigenvalue weighted by molar-refractivity contribution is 7.89. The second-order valence-electron chi connectivity index (χ2n) is 10.6. The molecule has 39 heavy (non-hydrogen) atoms. The van der Waals surface area contributed by atoms with Crippen molar-refractivity contribution in [1.29, 1.82) is 0 Å². The van der Waals surface area contributed by atoms with Gasteiger partial charge in [0.1, 0.15) is 18.1 Å². The number of pyridine rings is 1. The number of carbonyl (C=O) groups excluding carboxylic acids is 3. The Morgan fingerprint density at radius 3 is 2.23 bits per heavy atom. The molecule has 1 aromatic heterocycles. The minimum atomic E-state index is -4.10. The summed E-state index contributed by atoms with van der Waals surface area (Å²) in [6.45, 7) is 7.94. The maximum absolute atomic E-state index is 14.5. The first-order valence-electron chi connectivity index (χ1n) is 12.1. The number of amides is 3. The molecule has 0 aliphatic carbocycles. The number of nitrogens with two attached hydrogens (primary N) is 1. The molecule has 2 aromatic rings. The number of nitrogens with one attached hydrogen (secondary N) is 1. The first-order valence-corrected chi connectivity index (χ1v) is 13.7. The topological polar surface area (TPSA) is 152 Å². The number of aromatic nitrogens is 1. The average Bonchev–Trinajstić information content (AvgIpc) is 3.42. The Morgan fingerprint density at radius 1 is 1.05 bits per heavy atom. The van der Waals surface area contributed by atoms with Crippen molar-refractivity contribution in [3.8, 4) is 0 Å². The van der Waals surface area contributed by atoms with Crippen molar-refractivity contribution in [3.05, 3.63) is 64.2 Å². The quantitative estimate of drug-likeness (QED) is 0.534. The molecule has 0 saturated carbocycles. The highest BCUT2D eigenvalue weighted by Crippen LogP contribution is 2.28. The third-order valence-corrected chi connectivity index (χ3v) is 7.36. The standard InChI is InChI=1S/C26H30FN5O6S/c1-15-5-8-21(30-24(34)26(2,3)4)22(29-15)14-38-25(35)32-12-16-10-31(11-17(16)13-32)23(33)19-7-6-18(9-20(19)27)39(28,36)37/h5-9H,10-14H2,1-4H3,(H,30,34)(H2,28,36,37). The number of hydrogen-bond donors (Lipinski definition) is 2. The normalized spacial score (nSPS) is 15.4. The molecule has 0 bridgehead atoms. The van der Waals surface area contributed by atoms with Gasteiger partial charge in [0.25, 0.3) is 5.91 Å². The van der Waals surface area contributed by atoms with Crippen LogP contribution >= 0.6 is 0 Å². The van der Waals surface area contributed by atoms with Gasteiger partial charge < -0.3 is 19.9 Å². The molecule has 3 N–H and O–H groups in total. The number of aryl methyl sites for hydroxylation is 1. The van der Waals surface area contributed by atoms with E-state index in [9.17, 15) is 27.2 Å². The summed E-state index contributed by atoms with van der Waals surface area (Å²) in [6, 6.07) is 6.39. The number of hydrogen-bond acceptors (Lipinski definition) is 7. The number of ether oxygens (including phenoxy) is 1. The third kappa shape index (κ3) is 6.25. The molecule has 0 radical (unpaired) electrons. The highest BCUT2D eigenvalue weighted by Gasteiger charge is 2.36. The summed E-state index contributed by atoms with van der Waals surface area (Å²) in [5.74, 6) is -1.76. The zero-order valence-corrected chi connectivity index (χ0v) is 22.9. The van der Waals surface area contributed by atoms with Crippen LogP contribution in [0.25, 0.3) is 0 Å². The molecular weight excluding hydrogens is 529 g/mol. The second-order valence-corrected chi connectivity index (χ2v) is 12.2. The molecule has 0 spiro atoms. The molecule has 11 nitrogen and oxygen atoms in total. The SMILES string of the molecule is Cc1ccc(NC(=O)C(C)(C)C)c(COC(=O)N2CC3=C(C2)CN(C(=O)c2ccc(S(N)(=O)=O)cc2F)C3)n1. The Kier molecular flexibility index (Phi) is 7.50. The van der Waals surface area contributed by atoms with Gasteiger partial charge in [-0.3, -0.25) is 14.6 Å². The maximum atomic E-state index is 14.5. The van der Waals surface area contributed by atoms with E-state index in [-0.39, 0.29) is 44.3 Å². The Labute approximate surface area is 225 Å². The van der Waals surface area contributed by atoms with Crippen LogP contribution in [-0.2, 0) is 26.2 Å². The number of anilines is 1. The molecule has 0 saturated heterocycles. The molecular formula is C26H30FN5O6S. The van der Waals surface area contributed by atoms with E-state index in [1.165, 1.54) is 9.80 Å². The third-order valence-electron chi connectivity index (χ3n) is 6.45. The molecule has 3 heterocycles. The predicted molar refractivity (Wildman–Crippen MR) is 140 cm³/mol. The second kappa shape index (κ2) is 10.4. The van der Waals surface area contributed by atoms with Crippen LogP contribution in [-0.4, -0.2) is 67.3 Å². The van der Waals surface area contributed by atoms with Crippen LogP contribution in [0.5, 0.6) is 0 Å². The molecule has 2 aliphatic heterocycles. The summed E-state index contributed by atoms with van der Waals surface area (Å²) in [7, 11) is -4.10. The van der Waals surface area contributed by atoms with E-state index in [1.807, 2.05) is 0 Å². The van der Waals surface area contributed by atoms with E-state index < -0.39 is 38.2 Å². The fourth-order valence-electron chi connectivity index (χ4n) is 4.24. The molecule has 4 rings (SSSR count). The van der Waals surface area contributed by atoms with Gasteiger partial charge in [-0.25, -0.2) is 22.7 Å². The Balaban J connectivity index is 1.34. The average molecular weight is 560 g/mol. The maximum Gasteiger partial charge on any atom is 0.410 e. The zero-order valence-electron chi connectivity index (χ0n) is 22.1. The number of halogens is 1. The van der Waals surface area contributed by atoms with E-state index in [0.29, 0.717) is 17.1 Å². The number of sulfonamides is 1. The first-order chi connectivity index (χ1) is 18.1. The van der Waals surface area contributed by atoms with Gasteiger partial charge in [-0.05, 0) is 48.4 Å². The minimum absolute atomic E-state index is 0.139. The zero-order chi connectivity index (χ0) is 28.7. The number of carbonyl (C=O) groups is 3. The van der Waals surface area contributed by atoms with Crippen molar-refractivity contribution in [1.82, 2.24) is 14.8 Å². The first kappa shape index (κ1) is 28.2. The molecule has 3 amide bonds. The number of nitrogens with zero attached hydrogens (tertiary/aromatic N) is 3. The Hall–Kier alpha value is -3.84. The van der Waals surface area contributed by atoms with Crippen molar-refractivity contribution in [2.24, 2.45) is 10.6 Å². The molecule has 2 aliphatic rings. The minimum Gasteiger partial charge on any atom is -0.443 e. The van der Waals surface area contributed by atoms with Gasteiger partial charge in [0.2, 0.25) is 15.9 Å². The van der Waals surface area contributed by atoms with E-state index in [4.69, 9.17) is 9.88 Å². The summed E-state index contributed by atoms with van der Waals surface area (Å²) >= 11 is 0. The molecule has 13 heteroatoms. The van der Waals surface area contributed by atoms with Gasteiger partial charge in [-0.2, -0.15) is 0 Å². The van der Waals surface area contributed by atoms with Gasteiger partial charge in [0.15, 0.2) is 0 Å². The van der Waals surface area contributed by atoms with Crippen LogP contribution in [0.15, 0.2) is 46.4 Å². The van der Waals surface area contributed by atoms with Crippen LogP contribution in [0.3, 0.4) is 0 Å². The highest BCUT2D eigenvalue weighted by atomic mass is 32.2. The van der Waals surface area contributed by atoms with Crippen LogP contribution < -0.4 is 10.5 Å². The van der Waals surface area contributed by atoms with Gasteiger partial charge in [-0.1, -0.05) is 20.8 Å². The van der Waals surface area contributed by atoms with Crippen molar-refractivity contribution < 1.29 is 31.9 Å². The summed E-state index contributed by atoms with van der Waals surface area (Å²) in [4.78, 5) is 45.0. The largest absolute Gasteiger partial charge is 0.443 e. The molecule has 0 unspecified atom stereocenters. The van der Waals surface area contributed by atoms with E-state index >= 15 is 0 Å². The van der Waals surface area contributed by atoms with Crippen molar-refractivity contribution >= 4 is 33.6 Å². The summed E-state index contributed by atoms with van der Waals surface area (Å²) in [5, 5.41) is 7.85. The monoisotopic (exact) mass is 559 g/mol. The molecule has 0 atom stereocenters. The van der Waals surface area contributed by atoms with Crippen LogP contribution in [0.2, 0.25) is 0 Å². The van der Waals surface area contributed by atoms with E-state index in [0.717, 1.165) is 29.3 Å². The smallest absolute Gasteiger partial charge is 0.410 e. The molecule has 208 valence electrons. The van der Waals surface area contributed by atoms with Gasteiger partial charge >= 0.3 is 6.09 Å². The Morgan fingerprint density at radius 2 is 1.67 bits per heavy atom. The van der Waals surface area contributed by atoms with Gasteiger partial charge in [-0.15, -0.1) is 0 Å². The fourth-order valence-corrected chi connectivity index (χ4v) is 4.76. The predicted octanol–water partition coefficient (Wildman–Crippen LogP) is 2.57. The summed E-state index contributed by atoms with van der Waals surface area (Å²) in [6.07, 6.45) is -0.566. The van der Waals surface area contributed by atoms with E-state index in [1.54, 1.807) is 39.8 Å². The lowest BCUT2D eigenvalue weighted by Gasteiger charge is -2.23. The lowest BCUT2D eigenvalue weighted by atomic mass is 9.95. The van der Waals surface area contributed by atoms with Crippen molar-refractivity contribution in [2.45, 2.75) is 39.2 Å². The van der Waals surface area contributed by atoms with Crippen LogP contribution in [0.4, 0.5) is 14.9 Å². The Bertz CT molecular complexity index is 1480. The number of benzene rings is 1. The molecule has 1 aromatic carbocycles. The lowest BCUT2D eigenvalue weighted by molar-refractivity contribution is -0.123. The van der Waals surface area contributed by atoms with Crippen molar-refractivity contribution in [3.63, 3.8) is 0 Å². The molecule has 0 fully saturated rings. The summed E-state index contributed by atoms with van der Waals surface area (Å²) < 4.78 is 42.8. The number of rotatable bonds is 5. The van der Waals surface area contributed by atoms with Crippen LogP contribution in [0, 0.1) is 18.2 Å². The van der Waals surface area contributed by atoms with E-state index in [2.05, 4.69) is 10.3 Å². The van der Waals surface area contributed by atoms with Gasteiger partial charge in [0, 0.05) is 37.3 Å². The van der Waals surface area contributed by atoms with Crippen molar-refractivity contribution in [2.75, 3.05) is 31.5 Å². The van der Waals surface area contributed by atoms with Crippen LogP contribution in [0.1, 0.15) is 42.5 Å².